The number of nitrogens with zero attached hydrogens (tertiary/aromatic N) is 1. The zero-order chi connectivity index (χ0) is 28.8. The lowest BCUT2D eigenvalue weighted by Crippen LogP contribution is -1.97. The van der Waals surface area contributed by atoms with Crippen LogP contribution in [0.4, 0.5) is 4.39 Å². The Balaban J connectivity index is 1.94. The van der Waals surface area contributed by atoms with E-state index >= 15 is 4.39 Å². The second kappa shape index (κ2) is 5.85. The largest absolute Gasteiger partial charge is 0.306 e. The van der Waals surface area contributed by atoms with Crippen molar-refractivity contribution < 1.29 is 22.2 Å². The molecule has 0 bridgehead atoms. The molecule has 0 amide bonds. The van der Waals surface area contributed by atoms with Gasteiger partial charge >= 0.3 is 0 Å². The molecule has 0 fully saturated rings. The van der Waals surface area contributed by atoms with Crippen molar-refractivity contribution in [2.24, 2.45) is 0 Å². The molecule has 0 aliphatic carbocycles. The van der Waals surface area contributed by atoms with Crippen molar-refractivity contribution in [3.63, 3.8) is 0 Å². The van der Waals surface area contributed by atoms with Gasteiger partial charge in [-0.15, -0.1) is 0 Å². The van der Waals surface area contributed by atoms with Crippen LogP contribution >= 0.6 is 0 Å². The molecule has 1 heterocycles. The summed E-state index contributed by atoms with van der Waals surface area (Å²) in [6, 6.07) is -4.45. The Morgan fingerprint density at radius 3 is 1.85 bits per heavy atom. The van der Waals surface area contributed by atoms with Crippen LogP contribution in [0.25, 0.3) is 38.6 Å². The van der Waals surface area contributed by atoms with Crippen molar-refractivity contribution in [1.29, 1.82) is 0 Å². The van der Waals surface area contributed by atoms with Crippen molar-refractivity contribution in [3.8, 4) is 16.8 Å². The molecule has 4 aromatic carbocycles. The van der Waals surface area contributed by atoms with Crippen LogP contribution in [0, 0.1) is 5.82 Å². The minimum Gasteiger partial charge on any atom is -0.306 e. The first-order chi connectivity index (χ1) is 18.2. The van der Waals surface area contributed by atoms with Gasteiger partial charge < -0.3 is 4.57 Å². The van der Waals surface area contributed by atoms with E-state index in [-0.39, 0.29) is 38.6 Å². The highest BCUT2D eigenvalue weighted by molar-refractivity contribution is 6.09. The molecular formula is C24H16FN. The predicted octanol–water partition coefficient (Wildman–Crippen LogP) is 6.59. The van der Waals surface area contributed by atoms with E-state index in [0.29, 0.717) is 0 Å². The zero-order valence-corrected chi connectivity index (χ0v) is 13.1. The standard InChI is InChI=1S/C24H16FN/c25-21-16-18(17-8-2-1-3-9-17)14-15-24(21)26-22-12-6-4-10-19(22)20-11-5-7-13-23(20)26/h1-16H/i1D,2D,3D,4D,5D,6D,7D,8D,9D,10D,11D,12D,13D. The Labute approximate surface area is 169 Å². The lowest BCUT2D eigenvalue weighted by atomic mass is 10.1. The molecule has 1 aromatic heterocycles. The van der Waals surface area contributed by atoms with Gasteiger partial charge in [-0.05, 0) is 35.3 Å². The number of halogens is 1. The average molecular weight is 350 g/mol. The molecule has 0 radical (unpaired) electrons. The molecule has 2 heteroatoms. The van der Waals surface area contributed by atoms with Crippen molar-refractivity contribution in [2.75, 3.05) is 0 Å². The van der Waals surface area contributed by atoms with Gasteiger partial charge in [0.1, 0.15) is 5.82 Å². The predicted molar refractivity (Wildman–Crippen MR) is 106 cm³/mol. The molecule has 0 atom stereocenters. The minimum absolute atomic E-state index is 0.0576. The van der Waals surface area contributed by atoms with Crippen molar-refractivity contribution in [3.05, 3.63) is 103 Å². The highest BCUT2D eigenvalue weighted by Gasteiger charge is 2.14. The van der Waals surface area contributed by atoms with Gasteiger partial charge in [0.15, 0.2) is 0 Å². The van der Waals surface area contributed by atoms with Crippen LogP contribution in [0.2, 0.25) is 0 Å². The fourth-order valence-corrected chi connectivity index (χ4v) is 2.90. The number of benzene rings is 4. The third-order valence-corrected chi connectivity index (χ3v) is 4.01. The van der Waals surface area contributed by atoms with Gasteiger partial charge in [-0.1, -0.05) is 72.5 Å². The second-order valence-corrected chi connectivity index (χ2v) is 5.45. The number of fused-ring (bicyclic) bond motifs is 3. The fraction of sp³-hybridized carbons (Fsp3) is 0. The molecule has 0 N–H and O–H groups in total. The summed E-state index contributed by atoms with van der Waals surface area (Å²) >= 11 is 0. The Morgan fingerprint density at radius 2 is 1.23 bits per heavy atom. The van der Waals surface area contributed by atoms with E-state index in [2.05, 4.69) is 0 Å². The van der Waals surface area contributed by atoms with E-state index in [4.69, 9.17) is 17.8 Å². The van der Waals surface area contributed by atoms with Gasteiger partial charge in [-0.3, -0.25) is 0 Å². The number of hydrogen-bond donors (Lipinski definition) is 0. The van der Waals surface area contributed by atoms with Crippen LogP contribution in [0.1, 0.15) is 17.8 Å². The molecule has 0 aliphatic rings. The third-order valence-electron chi connectivity index (χ3n) is 4.01. The topological polar surface area (TPSA) is 4.93 Å². The highest BCUT2D eigenvalue weighted by Crippen LogP contribution is 2.33. The van der Waals surface area contributed by atoms with Crippen LogP contribution in [0.5, 0.6) is 0 Å². The Morgan fingerprint density at radius 1 is 0.654 bits per heavy atom. The third kappa shape index (κ3) is 2.23. The number of rotatable bonds is 2. The summed E-state index contributed by atoms with van der Waals surface area (Å²) in [5, 5.41) is -0.422. The second-order valence-electron chi connectivity index (χ2n) is 5.45. The summed E-state index contributed by atoms with van der Waals surface area (Å²) < 4.78 is 123. The molecule has 0 saturated carbocycles. The van der Waals surface area contributed by atoms with Gasteiger partial charge in [-0.2, -0.15) is 0 Å². The van der Waals surface area contributed by atoms with Gasteiger partial charge in [-0.25, -0.2) is 4.39 Å². The molecule has 0 spiro atoms. The fourth-order valence-electron chi connectivity index (χ4n) is 2.90. The highest BCUT2D eigenvalue weighted by atomic mass is 19.1. The van der Waals surface area contributed by atoms with Gasteiger partial charge in [0.25, 0.3) is 0 Å². The lowest BCUT2D eigenvalue weighted by molar-refractivity contribution is 0.621. The van der Waals surface area contributed by atoms with E-state index < -0.39 is 84.4 Å². The average Bonchev–Trinajstić information content (AvgIpc) is 3.26. The van der Waals surface area contributed by atoms with Crippen molar-refractivity contribution >= 4 is 21.8 Å². The van der Waals surface area contributed by atoms with Crippen molar-refractivity contribution in [2.45, 2.75) is 0 Å². The van der Waals surface area contributed by atoms with Gasteiger partial charge in [0, 0.05) is 10.8 Å². The Bertz CT molecular complexity index is 1810. The summed E-state index contributed by atoms with van der Waals surface area (Å²) in [6.07, 6.45) is 0. The number of aromatic nitrogens is 1. The van der Waals surface area contributed by atoms with Crippen LogP contribution in [-0.4, -0.2) is 4.57 Å². The molecule has 5 rings (SSSR count). The zero-order valence-electron chi connectivity index (χ0n) is 26.1. The summed E-state index contributed by atoms with van der Waals surface area (Å²) in [7, 11) is 0. The lowest BCUT2D eigenvalue weighted by Gasteiger charge is -2.11. The molecule has 0 saturated heterocycles. The summed E-state index contributed by atoms with van der Waals surface area (Å²) in [5.74, 6) is -1.03. The SMILES string of the molecule is [2H]c1c([2H])c([2H])c(-c2ccc(-n3c4c([2H])c([2H])c([2H])c([2H])c4c4c([2H])c([2H])c([2H])c([2H])c43)c(F)c2)c([2H])c1[2H]. The van der Waals surface area contributed by atoms with E-state index in [1.54, 1.807) is 0 Å². The molecule has 1 nitrogen and oxygen atoms in total. The van der Waals surface area contributed by atoms with Crippen molar-refractivity contribution in [1.82, 2.24) is 4.57 Å². The molecule has 0 aliphatic heterocycles. The van der Waals surface area contributed by atoms with Crippen LogP contribution < -0.4 is 0 Å². The Kier molecular flexibility index (Phi) is 1.51. The molecule has 0 unspecified atom stereocenters. The van der Waals surface area contributed by atoms with Crippen LogP contribution in [0.3, 0.4) is 0 Å². The maximum Gasteiger partial charge on any atom is 0.147 e. The van der Waals surface area contributed by atoms with Gasteiger partial charge in [0.2, 0.25) is 0 Å². The summed E-state index contributed by atoms with van der Waals surface area (Å²) in [5.41, 5.74) is -1.17. The quantitative estimate of drug-likeness (QED) is 0.338. The normalized spacial score (nSPS) is 18.3. The summed E-state index contributed by atoms with van der Waals surface area (Å²) in [4.78, 5) is 0. The summed E-state index contributed by atoms with van der Waals surface area (Å²) in [6.45, 7) is 0. The van der Waals surface area contributed by atoms with Crippen LogP contribution in [-0.2, 0) is 0 Å². The first kappa shape index (κ1) is 6.73. The molecular weight excluding hydrogens is 321 g/mol. The molecule has 26 heavy (non-hydrogen) atoms. The molecule has 5 aromatic rings. The first-order valence-electron chi connectivity index (χ1n) is 14.1. The maximum atomic E-state index is 15.9. The van der Waals surface area contributed by atoms with E-state index in [0.717, 1.165) is 16.7 Å². The number of para-hydroxylation sites is 2. The maximum absolute atomic E-state index is 15.9. The van der Waals surface area contributed by atoms with E-state index in [1.807, 2.05) is 0 Å². The molecule has 124 valence electrons. The smallest absolute Gasteiger partial charge is 0.147 e. The van der Waals surface area contributed by atoms with Gasteiger partial charge in [0.05, 0.1) is 34.5 Å². The number of hydrogen-bond acceptors (Lipinski definition) is 0. The Hall–Kier alpha value is -3.39. The minimum atomic E-state index is -1.03. The first-order valence-corrected chi connectivity index (χ1v) is 7.60. The van der Waals surface area contributed by atoms with E-state index in [9.17, 15) is 0 Å². The van der Waals surface area contributed by atoms with E-state index in [1.165, 1.54) is 6.07 Å². The van der Waals surface area contributed by atoms with Crippen LogP contribution in [0.15, 0.2) is 96.8 Å². The monoisotopic (exact) mass is 350 g/mol.